The second kappa shape index (κ2) is 6.99. The summed E-state index contributed by atoms with van der Waals surface area (Å²) < 4.78 is 50.7. The topological polar surface area (TPSA) is 15.3 Å². The number of rotatable bonds is 4. The molecule has 0 radical (unpaired) electrons. The zero-order valence-corrected chi connectivity index (χ0v) is 13.5. The van der Waals surface area contributed by atoms with Gasteiger partial charge in [0.1, 0.15) is 5.82 Å². The Labute approximate surface area is 137 Å². The summed E-state index contributed by atoms with van der Waals surface area (Å²) in [6, 6.07) is 4.95. The van der Waals surface area contributed by atoms with Crippen molar-refractivity contribution in [2.24, 2.45) is 5.92 Å². The first-order chi connectivity index (χ1) is 10.9. The molecule has 0 amide bonds. The Kier molecular flexibility index (Phi) is 5.18. The van der Waals surface area contributed by atoms with Gasteiger partial charge < -0.3 is 5.32 Å². The Morgan fingerprint density at radius 3 is 2.87 bits per heavy atom. The average Bonchev–Trinajstić information content (AvgIpc) is 2.90. The van der Waals surface area contributed by atoms with Crippen molar-refractivity contribution in [2.45, 2.75) is 30.0 Å². The number of alkyl halides is 3. The van der Waals surface area contributed by atoms with Gasteiger partial charge in [0, 0.05) is 17.5 Å². The highest BCUT2D eigenvalue weighted by molar-refractivity contribution is 7.99. The highest BCUT2D eigenvalue weighted by Crippen LogP contribution is 2.36. The van der Waals surface area contributed by atoms with Crippen LogP contribution in [0.2, 0.25) is 0 Å². The van der Waals surface area contributed by atoms with Crippen LogP contribution in [0.15, 0.2) is 23.1 Å². The van der Waals surface area contributed by atoms with Crippen molar-refractivity contribution in [2.75, 3.05) is 31.9 Å². The van der Waals surface area contributed by atoms with E-state index in [-0.39, 0.29) is 17.8 Å². The van der Waals surface area contributed by atoms with E-state index in [1.54, 1.807) is 17.8 Å². The molecule has 7 heteroatoms. The van der Waals surface area contributed by atoms with E-state index >= 15 is 0 Å². The van der Waals surface area contributed by atoms with Gasteiger partial charge in [-0.25, -0.2) is 4.39 Å². The highest BCUT2D eigenvalue weighted by atomic mass is 32.2. The van der Waals surface area contributed by atoms with Gasteiger partial charge in [-0.2, -0.15) is 13.2 Å². The fourth-order valence-corrected chi connectivity index (χ4v) is 4.47. The predicted octanol–water partition coefficient (Wildman–Crippen LogP) is 3.84. The Bertz CT molecular complexity index is 549. The molecule has 0 bridgehead atoms. The summed E-state index contributed by atoms with van der Waals surface area (Å²) in [5.41, 5.74) is 0.978. The van der Waals surface area contributed by atoms with Crippen LogP contribution in [0, 0.1) is 11.7 Å². The van der Waals surface area contributed by atoms with Crippen molar-refractivity contribution in [1.29, 1.82) is 0 Å². The molecular formula is C16H20F4N2S. The van der Waals surface area contributed by atoms with Crippen molar-refractivity contribution in [3.05, 3.63) is 29.6 Å². The zero-order chi connectivity index (χ0) is 16.4. The molecule has 23 heavy (non-hydrogen) atoms. The largest absolute Gasteiger partial charge is 0.401 e. The lowest BCUT2D eigenvalue weighted by atomic mass is 10.0. The molecule has 1 saturated heterocycles. The van der Waals surface area contributed by atoms with Crippen LogP contribution in [0.5, 0.6) is 0 Å². The minimum Gasteiger partial charge on any atom is -0.310 e. The van der Waals surface area contributed by atoms with Crippen molar-refractivity contribution >= 4 is 11.8 Å². The number of hydrogen-bond acceptors (Lipinski definition) is 3. The van der Waals surface area contributed by atoms with Gasteiger partial charge in [0.05, 0.1) is 6.54 Å². The number of thioether (sulfide) groups is 1. The molecule has 2 aliphatic heterocycles. The summed E-state index contributed by atoms with van der Waals surface area (Å²) in [4.78, 5) is 2.57. The molecule has 2 heterocycles. The quantitative estimate of drug-likeness (QED) is 0.833. The maximum Gasteiger partial charge on any atom is 0.401 e. The number of benzene rings is 1. The summed E-state index contributed by atoms with van der Waals surface area (Å²) >= 11 is 1.73. The molecule has 0 aromatic heterocycles. The Balaban J connectivity index is 1.53. The van der Waals surface area contributed by atoms with E-state index in [0.717, 1.165) is 29.1 Å². The zero-order valence-electron chi connectivity index (χ0n) is 12.7. The van der Waals surface area contributed by atoms with Crippen LogP contribution < -0.4 is 5.32 Å². The van der Waals surface area contributed by atoms with Crippen molar-refractivity contribution in [1.82, 2.24) is 10.2 Å². The van der Waals surface area contributed by atoms with Crippen LogP contribution in [0.3, 0.4) is 0 Å². The van der Waals surface area contributed by atoms with E-state index in [9.17, 15) is 17.6 Å². The SMILES string of the molecule is Fc1ccc2c(c1)[C@@H](NC[C@H]1CCN(CC(F)(F)F)C1)CCS2. The molecule has 2 nitrogen and oxygen atoms in total. The third-order valence-electron chi connectivity index (χ3n) is 4.44. The van der Waals surface area contributed by atoms with E-state index in [1.807, 2.05) is 6.07 Å². The van der Waals surface area contributed by atoms with E-state index in [2.05, 4.69) is 5.32 Å². The van der Waals surface area contributed by atoms with Crippen LogP contribution in [0.25, 0.3) is 0 Å². The van der Waals surface area contributed by atoms with Gasteiger partial charge in [-0.15, -0.1) is 11.8 Å². The second-order valence-corrected chi connectivity index (χ2v) is 7.42. The summed E-state index contributed by atoms with van der Waals surface area (Å²) in [5, 5.41) is 3.44. The smallest absolute Gasteiger partial charge is 0.310 e. The summed E-state index contributed by atoms with van der Waals surface area (Å²) in [6.07, 6.45) is -2.43. The summed E-state index contributed by atoms with van der Waals surface area (Å²) in [5.74, 6) is 0.959. The first kappa shape index (κ1) is 17.0. The third-order valence-corrected chi connectivity index (χ3v) is 5.56. The first-order valence-corrected chi connectivity index (χ1v) is 8.84. The van der Waals surface area contributed by atoms with Gasteiger partial charge in [-0.1, -0.05) is 0 Å². The van der Waals surface area contributed by atoms with Crippen LogP contribution in [0.4, 0.5) is 17.6 Å². The lowest BCUT2D eigenvalue weighted by Crippen LogP contribution is -2.34. The molecule has 3 rings (SSSR count). The molecule has 1 aromatic carbocycles. The van der Waals surface area contributed by atoms with Gasteiger partial charge in [0.2, 0.25) is 0 Å². The fraction of sp³-hybridized carbons (Fsp3) is 0.625. The van der Waals surface area contributed by atoms with Crippen molar-refractivity contribution < 1.29 is 17.6 Å². The number of fused-ring (bicyclic) bond motifs is 1. The van der Waals surface area contributed by atoms with Crippen LogP contribution >= 0.6 is 11.8 Å². The van der Waals surface area contributed by atoms with Gasteiger partial charge in [0.25, 0.3) is 0 Å². The second-order valence-electron chi connectivity index (χ2n) is 6.29. The van der Waals surface area contributed by atoms with Gasteiger partial charge >= 0.3 is 6.18 Å². The third kappa shape index (κ3) is 4.61. The maximum absolute atomic E-state index is 13.5. The molecule has 1 fully saturated rings. The minimum absolute atomic E-state index is 0.0959. The van der Waals surface area contributed by atoms with Crippen LogP contribution in [-0.4, -0.2) is 43.0 Å². The first-order valence-electron chi connectivity index (χ1n) is 7.85. The Hall–Kier alpha value is -0.790. The molecule has 2 aliphatic rings. The molecule has 0 saturated carbocycles. The Morgan fingerprint density at radius 1 is 1.26 bits per heavy atom. The summed E-state index contributed by atoms with van der Waals surface area (Å²) in [7, 11) is 0. The van der Waals surface area contributed by atoms with Gasteiger partial charge in [-0.3, -0.25) is 4.90 Å². The molecule has 0 aliphatic carbocycles. The van der Waals surface area contributed by atoms with Crippen molar-refractivity contribution in [3.63, 3.8) is 0 Å². The van der Waals surface area contributed by atoms with E-state index < -0.39 is 12.7 Å². The van der Waals surface area contributed by atoms with Gasteiger partial charge in [-0.05, 0) is 61.4 Å². The van der Waals surface area contributed by atoms with Crippen molar-refractivity contribution in [3.8, 4) is 0 Å². The molecule has 128 valence electrons. The molecule has 0 unspecified atom stereocenters. The van der Waals surface area contributed by atoms with E-state index in [0.29, 0.717) is 19.6 Å². The molecular weight excluding hydrogens is 328 g/mol. The molecule has 2 atom stereocenters. The average molecular weight is 348 g/mol. The highest BCUT2D eigenvalue weighted by Gasteiger charge is 2.34. The number of halogens is 4. The number of nitrogens with zero attached hydrogens (tertiary/aromatic N) is 1. The maximum atomic E-state index is 13.5. The lowest BCUT2D eigenvalue weighted by Gasteiger charge is -2.27. The lowest BCUT2D eigenvalue weighted by molar-refractivity contribution is -0.143. The molecule has 1 aromatic rings. The standard InChI is InChI=1S/C16H20F4N2S/c17-12-1-2-15-13(7-12)14(4-6-23-15)21-8-11-3-5-22(9-11)10-16(18,19)20/h1-2,7,11,14,21H,3-6,8-10H2/t11-,14+/m1/s1. The predicted molar refractivity (Wildman–Crippen MR) is 83.1 cm³/mol. The van der Waals surface area contributed by atoms with Crippen LogP contribution in [0.1, 0.15) is 24.4 Å². The normalized spacial score (nSPS) is 25.6. The Morgan fingerprint density at radius 2 is 2.09 bits per heavy atom. The number of hydrogen-bond donors (Lipinski definition) is 1. The number of nitrogens with one attached hydrogen (secondary N) is 1. The molecule has 0 spiro atoms. The number of likely N-dealkylation sites (tertiary alicyclic amines) is 1. The monoisotopic (exact) mass is 348 g/mol. The fourth-order valence-electron chi connectivity index (χ4n) is 3.36. The minimum atomic E-state index is -4.13. The van der Waals surface area contributed by atoms with Crippen LogP contribution in [-0.2, 0) is 0 Å². The van der Waals surface area contributed by atoms with E-state index in [1.165, 1.54) is 11.0 Å². The van der Waals surface area contributed by atoms with E-state index in [4.69, 9.17) is 0 Å². The molecule has 1 N–H and O–H groups in total. The summed E-state index contributed by atoms with van der Waals surface area (Å²) in [6.45, 7) is 0.832. The van der Waals surface area contributed by atoms with Gasteiger partial charge in [0.15, 0.2) is 0 Å².